The molecule has 4 rings (SSSR count). The number of nitrogens with two attached hydrogens (primary N) is 1. The van der Waals surface area contributed by atoms with Crippen LogP contribution in [0.1, 0.15) is 35.6 Å². The van der Waals surface area contributed by atoms with Gasteiger partial charge in [-0.1, -0.05) is 11.6 Å². The standard InChI is InChI=1S/C15H19N5O2/c16-15-5-1-2-11(15)8-19(10-15)14(21)13-4-3-12(22-13)9-20-7-6-17-18-20/h3-4,6-7,11H,1-2,5,8-10,16H2. The molecule has 2 atom stereocenters. The summed E-state index contributed by atoms with van der Waals surface area (Å²) in [5.41, 5.74) is 6.23. The summed E-state index contributed by atoms with van der Waals surface area (Å²) in [7, 11) is 0. The van der Waals surface area contributed by atoms with Crippen molar-refractivity contribution in [2.24, 2.45) is 11.7 Å². The Balaban J connectivity index is 1.46. The topological polar surface area (TPSA) is 90.2 Å². The molecule has 0 radical (unpaired) electrons. The molecule has 1 amide bonds. The van der Waals surface area contributed by atoms with Gasteiger partial charge in [0.05, 0.1) is 6.20 Å². The zero-order valence-corrected chi connectivity index (χ0v) is 12.3. The summed E-state index contributed by atoms with van der Waals surface area (Å²) in [6.07, 6.45) is 6.67. The van der Waals surface area contributed by atoms with E-state index in [1.807, 2.05) is 11.0 Å². The number of hydrogen-bond acceptors (Lipinski definition) is 5. The van der Waals surface area contributed by atoms with Crippen LogP contribution in [0.15, 0.2) is 28.9 Å². The first-order valence-corrected chi connectivity index (χ1v) is 7.65. The third-order valence-electron chi connectivity index (χ3n) is 4.88. The third-order valence-corrected chi connectivity index (χ3v) is 4.88. The lowest BCUT2D eigenvalue weighted by Crippen LogP contribution is -2.44. The smallest absolute Gasteiger partial charge is 0.289 e. The average molecular weight is 301 g/mol. The fraction of sp³-hybridized carbons (Fsp3) is 0.533. The van der Waals surface area contributed by atoms with E-state index in [0.717, 1.165) is 19.4 Å². The van der Waals surface area contributed by atoms with Gasteiger partial charge >= 0.3 is 0 Å². The fourth-order valence-electron chi connectivity index (χ4n) is 3.70. The second kappa shape index (κ2) is 4.95. The quantitative estimate of drug-likeness (QED) is 0.908. The molecule has 0 spiro atoms. The second-order valence-corrected chi connectivity index (χ2v) is 6.37. The normalized spacial score (nSPS) is 27.3. The van der Waals surface area contributed by atoms with Crippen molar-refractivity contribution in [3.8, 4) is 0 Å². The lowest BCUT2D eigenvalue weighted by molar-refractivity contribution is 0.0744. The van der Waals surface area contributed by atoms with Crippen LogP contribution in [-0.2, 0) is 6.54 Å². The summed E-state index contributed by atoms with van der Waals surface area (Å²) in [4.78, 5) is 14.4. The van der Waals surface area contributed by atoms with Crippen LogP contribution in [0.4, 0.5) is 0 Å². The molecule has 2 unspecified atom stereocenters. The van der Waals surface area contributed by atoms with Gasteiger partial charge in [0.25, 0.3) is 5.91 Å². The van der Waals surface area contributed by atoms with Gasteiger partial charge in [-0.3, -0.25) is 4.79 Å². The zero-order valence-electron chi connectivity index (χ0n) is 12.3. The number of hydrogen-bond donors (Lipinski definition) is 1. The second-order valence-electron chi connectivity index (χ2n) is 6.37. The molecule has 2 fully saturated rings. The van der Waals surface area contributed by atoms with Gasteiger partial charge in [0.15, 0.2) is 5.76 Å². The maximum absolute atomic E-state index is 12.6. The number of fused-ring (bicyclic) bond motifs is 1. The highest BCUT2D eigenvalue weighted by Crippen LogP contribution is 2.40. The Morgan fingerprint density at radius 1 is 1.50 bits per heavy atom. The molecule has 2 N–H and O–H groups in total. The summed E-state index contributed by atoms with van der Waals surface area (Å²) >= 11 is 0. The maximum Gasteiger partial charge on any atom is 0.289 e. The van der Waals surface area contributed by atoms with E-state index in [1.165, 1.54) is 6.42 Å². The Morgan fingerprint density at radius 2 is 2.41 bits per heavy atom. The van der Waals surface area contributed by atoms with Crippen molar-refractivity contribution in [1.29, 1.82) is 0 Å². The molecule has 1 aliphatic heterocycles. The van der Waals surface area contributed by atoms with E-state index in [-0.39, 0.29) is 11.4 Å². The van der Waals surface area contributed by atoms with E-state index < -0.39 is 0 Å². The Bertz CT molecular complexity index is 680. The number of carbonyl (C=O) groups excluding carboxylic acids is 1. The lowest BCUT2D eigenvalue weighted by atomic mass is 9.92. The van der Waals surface area contributed by atoms with Crippen LogP contribution in [0, 0.1) is 5.92 Å². The average Bonchev–Trinajstić information content (AvgIpc) is 3.22. The minimum Gasteiger partial charge on any atom is -0.454 e. The Kier molecular flexibility index (Phi) is 3.04. The van der Waals surface area contributed by atoms with Crippen molar-refractivity contribution >= 4 is 5.91 Å². The Hall–Kier alpha value is -2.15. The molecule has 7 heteroatoms. The van der Waals surface area contributed by atoms with Crippen molar-refractivity contribution in [3.05, 3.63) is 36.0 Å². The van der Waals surface area contributed by atoms with E-state index in [4.69, 9.17) is 10.2 Å². The minimum atomic E-state index is -0.189. The number of rotatable bonds is 3. The lowest BCUT2D eigenvalue weighted by Gasteiger charge is -2.22. The summed E-state index contributed by atoms with van der Waals surface area (Å²) in [6, 6.07) is 3.54. The molecule has 2 aromatic rings. The fourth-order valence-corrected chi connectivity index (χ4v) is 3.70. The highest BCUT2D eigenvalue weighted by Gasteiger charge is 2.48. The molecule has 1 saturated heterocycles. The van der Waals surface area contributed by atoms with E-state index in [2.05, 4.69) is 10.3 Å². The van der Waals surface area contributed by atoms with Gasteiger partial charge in [-0.05, 0) is 30.9 Å². The molecule has 7 nitrogen and oxygen atoms in total. The SMILES string of the molecule is NC12CCCC1CN(C(=O)c1ccc(Cn3ccnn3)o1)C2. The van der Waals surface area contributed by atoms with E-state index >= 15 is 0 Å². The first kappa shape index (κ1) is 13.5. The molecule has 3 heterocycles. The molecule has 2 aliphatic rings. The van der Waals surface area contributed by atoms with Crippen LogP contribution in [0.25, 0.3) is 0 Å². The van der Waals surface area contributed by atoms with Crippen molar-refractivity contribution in [1.82, 2.24) is 19.9 Å². The monoisotopic (exact) mass is 301 g/mol. The molecule has 1 saturated carbocycles. The Morgan fingerprint density at radius 3 is 3.18 bits per heavy atom. The molecular weight excluding hydrogens is 282 g/mol. The van der Waals surface area contributed by atoms with Crippen LogP contribution in [0.5, 0.6) is 0 Å². The summed E-state index contributed by atoms with van der Waals surface area (Å²) < 4.78 is 7.32. The highest BCUT2D eigenvalue weighted by atomic mass is 16.4. The van der Waals surface area contributed by atoms with Gasteiger partial charge in [0, 0.05) is 24.8 Å². The number of amides is 1. The number of aromatic nitrogens is 3. The van der Waals surface area contributed by atoms with Crippen molar-refractivity contribution < 1.29 is 9.21 Å². The van der Waals surface area contributed by atoms with E-state index in [9.17, 15) is 4.79 Å². The van der Waals surface area contributed by atoms with Crippen molar-refractivity contribution in [2.45, 2.75) is 31.3 Å². The van der Waals surface area contributed by atoms with Crippen LogP contribution in [-0.4, -0.2) is 44.4 Å². The van der Waals surface area contributed by atoms with Crippen molar-refractivity contribution in [3.63, 3.8) is 0 Å². The predicted octanol–water partition coefficient (Wildman–Crippen LogP) is 0.873. The van der Waals surface area contributed by atoms with E-state index in [1.54, 1.807) is 23.1 Å². The summed E-state index contributed by atoms with van der Waals surface area (Å²) in [5.74, 6) is 1.43. The van der Waals surface area contributed by atoms with Crippen LogP contribution < -0.4 is 5.73 Å². The number of carbonyl (C=O) groups is 1. The molecule has 22 heavy (non-hydrogen) atoms. The number of nitrogens with zero attached hydrogens (tertiary/aromatic N) is 4. The van der Waals surface area contributed by atoms with Crippen LogP contribution in [0.3, 0.4) is 0 Å². The first-order chi connectivity index (χ1) is 10.6. The van der Waals surface area contributed by atoms with Crippen molar-refractivity contribution in [2.75, 3.05) is 13.1 Å². The molecular formula is C15H19N5O2. The van der Waals surface area contributed by atoms with Gasteiger partial charge in [-0.2, -0.15) is 0 Å². The zero-order chi connectivity index (χ0) is 15.2. The summed E-state index contributed by atoms with van der Waals surface area (Å²) in [6.45, 7) is 1.85. The minimum absolute atomic E-state index is 0.0657. The molecule has 1 aliphatic carbocycles. The number of likely N-dealkylation sites (tertiary alicyclic amines) is 1. The maximum atomic E-state index is 12.6. The van der Waals surface area contributed by atoms with Gasteiger partial charge in [-0.15, -0.1) is 5.10 Å². The highest BCUT2D eigenvalue weighted by molar-refractivity contribution is 5.91. The van der Waals surface area contributed by atoms with Gasteiger partial charge in [0.1, 0.15) is 12.3 Å². The number of furan rings is 1. The largest absolute Gasteiger partial charge is 0.454 e. The van der Waals surface area contributed by atoms with Crippen LogP contribution in [0.2, 0.25) is 0 Å². The Labute approximate surface area is 128 Å². The first-order valence-electron chi connectivity index (χ1n) is 7.65. The van der Waals surface area contributed by atoms with E-state index in [0.29, 0.717) is 30.5 Å². The van der Waals surface area contributed by atoms with Crippen LogP contribution >= 0.6 is 0 Å². The van der Waals surface area contributed by atoms with Gasteiger partial charge in [0.2, 0.25) is 0 Å². The molecule has 2 aromatic heterocycles. The van der Waals surface area contributed by atoms with Gasteiger partial charge in [-0.25, -0.2) is 4.68 Å². The molecule has 0 aromatic carbocycles. The van der Waals surface area contributed by atoms with Gasteiger partial charge < -0.3 is 15.1 Å². The third kappa shape index (κ3) is 2.21. The predicted molar refractivity (Wildman–Crippen MR) is 78.0 cm³/mol. The summed E-state index contributed by atoms with van der Waals surface area (Å²) in [5, 5.41) is 7.63. The molecule has 116 valence electrons. The molecule has 0 bridgehead atoms.